The molecule has 0 N–H and O–H groups in total. The van der Waals surface area contributed by atoms with Crippen molar-refractivity contribution in [2.45, 2.75) is 13.5 Å². The van der Waals surface area contributed by atoms with Gasteiger partial charge < -0.3 is 13.9 Å². The van der Waals surface area contributed by atoms with Gasteiger partial charge in [-0.05, 0) is 52.7 Å². The fourth-order valence-electron chi connectivity index (χ4n) is 2.27. The van der Waals surface area contributed by atoms with Gasteiger partial charge in [0.2, 0.25) is 0 Å². The van der Waals surface area contributed by atoms with E-state index in [-0.39, 0.29) is 6.61 Å². The molecule has 0 saturated carbocycles. The molecular weight excluding hydrogens is 360 g/mol. The fourth-order valence-corrected chi connectivity index (χ4v) is 2.86. The number of methoxy groups -OCH3 is 1. The summed E-state index contributed by atoms with van der Waals surface area (Å²) in [6, 6.07) is 11.2. The Balaban J connectivity index is 1.73. The van der Waals surface area contributed by atoms with E-state index in [2.05, 4.69) is 20.9 Å². The van der Waals surface area contributed by atoms with Gasteiger partial charge in [-0.25, -0.2) is 9.78 Å². The minimum atomic E-state index is -0.444. The maximum Gasteiger partial charge on any atom is 0.358 e. The number of carbonyl (C=O) groups is 1. The van der Waals surface area contributed by atoms with E-state index in [1.54, 1.807) is 13.3 Å². The minimum Gasteiger partial charge on any atom is -0.496 e. The van der Waals surface area contributed by atoms with Crippen LogP contribution < -0.4 is 4.74 Å². The van der Waals surface area contributed by atoms with E-state index in [9.17, 15) is 4.79 Å². The summed E-state index contributed by atoms with van der Waals surface area (Å²) in [5, 5.41) is 0. The third-order valence-electron chi connectivity index (χ3n) is 3.49. The Morgan fingerprint density at radius 1 is 1.30 bits per heavy atom. The Bertz CT molecular complexity index is 873. The highest BCUT2D eigenvalue weighted by Crippen LogP contribution is 2.25. The Labute approximate surface area is 142 Å². The maximum absolute atomic E-state index is 12.2. The molecule has 23 heavy (non-hydrogen) atoms. The summed E-state index contributed by atoms with van der Waals surface area (Å²) in [5.74, 6) is 0.288. The smallest absolute Gasteiger partial charge is 0.358 e. The first-order valence-corrected chi connectivity index (χ1v) is 7.82. The predicted octanol–water partition coefficient (Wildman–Crippen LogP) is 3.77. The lowest BCUT2D eigenvalue weighted by Crippen LogP contribution is -2.05. The number of benzene rings is 1. The number of fused-ring (bicyclic) bond motifs is 1. The molecule has 0 amide bonds. The number of aryl methyl sites for hydroxylation is 1. The Kier molecular flexibility index (Phi) is 4.34. The van der Waals surface area contributed by atoms with Crippen LogP contribution in [-0.2, 0) is 11.3 Å². The zero-order valence-corrected chi connectivity index (χ0v) is 14.3. The molecule has 3 rings (SSSR count). The molecule has 2 aromatic heterocycles. The molecule has 2 heterocycles. The number of halogens is 1. The first kappa shape index (κ1) is 15.6. The lowest BCUT2D eigenvalue weighted by molar-refractivity contribution is 0.0466. The van der Waals surface area contributed by atoms with Crippen molar-refractivity contribution < 1.29 is 14.3 Å². The van der Waals surface area contributed by atoms with Crippen molar-refractivity contribution in [1.82, 2.24) is 9.38 Å². The predicted molar refractivity (Wildman–Crippen MR) is 89.7 cm³/mol. The molecule has 1 aromatic carbocycles. The van der Waals surface area contributed by atoms with Gasteiger partial charge in [0.25, 0.3) is 0 Å². The van der Waals surface area contributed by atoms with Crippen LogP contribution in [0.2, 0.25) is 0 Å². The van der Waals surface area contributed by atoms with Gasteiger partial charge in [0.05, 0.1) is 11.6 Å². The molecule has 3 aromatic rings. The molecule has 6 heteroatoms. The molecule has 0 radical (unpaired) electrons. The monoisotopic (exact) mass is 374 g/mol. The molecule has 0 aliphatic carbocycles. The summed E-state index contributed by atoms with van der Waals surface area (Å²) in [6.07, 6.45) is 1.69. The molecule has 0 fully saturated rings. The normalized spacial score (nSPS) is 10.7. The fraction of sp³-hybridized carbons (Fsp3) is 0.176. The van der Waals surface area contributed by atoms with Crippen molar-refractivity contribution in [3.05, 3.63) is 64.0 Å². The first-order valence-electron chi connectivity index (χ1n) is 7.03. The van der Waals surface area contributed by atoms with Crippen molar-refractivity contribution in [2.24, 2.45) is 0 Å². The van der Waals surface area contributed by atoms with Crippen LogP contribution in [0.15, 0.2) is 47.1 Å². The number of imidazole rings is 1. The number of pyridine rings is 1. The highest BCUT2D eigenvalue weighted by Gasteiger charge is 2.13. The maximum atomic E-state index is 12.2. The molecule has 0 bridgehead atoms. The van der Waals surface area contributed by atoms with E-state index in [4.69, 9.17) is 9.47 Å². The largest absolute Gasteiger partial charge is 0.496 e. The molecule has 5 nitrogen and oxygen atoms in total. The number of esters is 1. The van der Waals surface area contributed by atoms with Crippen molar-refractivity contribution in [3.8, 4) is 5.75 Å². The van der Waals surface area contributed by atoms with Crippen LogP contribution in [0.4, 0.5) is 0 Å². The molecule has 0 unspecified atom stereocenters. The number of hydrogen-bond acceptors (Lipinski definition) is 4. The average molecular weight is 375 g/mol. The highest BCUT2D eigenvalue weighted by atomic mass is 79.9. The van der Waals surface area contributed by atoms with E-state index in [0.29, 0.717) is 5.69 Å². The first-order chi connectivity index (χ1) is 11.1. The summed E-state index contributed by atoms with van der Waals surface area (Å²) in [7, 11) is 1.60. The quantitative estimate of drug-likeness (QED) is 0.652. The molecule has 118 valence electrons. The molecular formula is C17H15BrN2O3. The molecule has 0 aliphatic rings. The molecule has 0 aliphatic heterocycles. The number of rotatable bonds is 4. The third kappa shape index (κ3) is 3.22. The van der Waals surface area contributed by atoms with E-state index in [1.807, 2.05) is 47.7 Å². The van der Waals surface area contributed by atoms with E-state index in [1.165, 1.54) is 0 Å². The second-order valence-corrected chi connectivity index (χ2v) is 5.92. The number of ether oxygens (including phenoxy) is 2. The van der Waals surface area contributed by atoms with Gasteiger partial charge in [-0.1, -0.05) is 12.1 Å². The highest BCUT2D eigenvalue weighted by molar-refractivity contribution is 9.10. The summed E-state index contributed by atoms with van der Waals surface area (Å²) in [4.78, 5) is 16.5. The van der Waals surface area contributed by atoms with E-state index >= 15 is 0 Å². The average Bonchev–Trinajstić information content (AvgIpc) is 2.98. The van der Waals surface area contributed by atoms with Gasteiger partial charge in [-0.15, -0.1) is 0 Å². The number of nitrogens with zero attached hydrogens (tertiary/aromatic N) is 2. The van der Waals surface area contributed by atoms with Crippen LogP contribution in [0.1, 0.15) is 21.7 Å². The number of carbonyl (C=O) groups excluding carboxylic acids is 1. The zero-order valence-electron chi connectivity index (χ0n) is 12.7. The zero-order chi connectivity index (χ0) is 16.4. The second kappa shape index (κ2) is 6.42. The van der Waals surface area contributed by atoms with E-state index < -0.39 is 5.97 Å². The summed E-state index contributed by atoms with van der Waals surface area (Å²) >= 11 is 3.41. The lowest BCUT2D eigenvalue weighted by Gasteiger charge is -2.06. The van der Waals surface area contributed by atoms with Crippen molar-refractivity contribution in [1.29, 1.82) is 0 Å². The van der Waals surface area contributed by atoms with Gasteiger partial charge in [0.15, 0.2) is 5.69 Å². The minimum absolute atomic E-state index is 0.175. The number of hydrogen-bond donors (Lipinski definition) is 0. The van der Waals surface area contributed by atoms with Crippen LogP contribution in [-0.4, -0.2) is 22.5 Å². The topological polar surface area (TPSA) is 52.8 Å². The second-order valence-electron chi connectivity index (χ2n) is 5.07. The molecule has 0 saturated heterocycles. The Morgan fingerprint density at radius 2 is 2.13 bits per heavy atom. The van der Waals surface area contributed by atoms with Crippen LogP contribution in [0.3, 0.4) is 0 Å². The Hall–Kier alpha value is -2.34. The van der Waals surface area contributed by atoms with Gasteiger partial charge in [0, 0.05) is 11.9 Å². The van der Waals surface area contributed by atoms with Gasteiger partial charge in [-0.3, -0.25) is 0 Å². The molecule has 0 spiro atoms. The van der Waals surface area contributed by atoms with Gasteiger partial charge >= 0.3 is 5.97 Å². The van der Waals surface area contributed by atoms with Crippen LogP contribution in [0.5, 0.6) is 5.75 Å². The van der Waals surface area contributed by atoms with Gasteiger partial charge in [0.1, 0.15) is 18.0 Å². The summed E-state index contributed by atoms with van der Waals surface area (Å²) in [6.45, 7) is 2.13. The van der Waals surface area contributed by atoms with Crippen LogP contribution >= 0.6 is 15.9 Å². The number of aromatic nitrogens is 2. The Morgan fingerprint density at radius 3 is 2.83 bits per heavy atom. The SMILES string of the molecule is COc1ccc(COC(=O)c2cn3c(C)cccc3n2)cc1Br. The molecule has 0 atom stereocenters. The standard InChI is InChI=1S/C17H15BrN2O3/c1-11-4-3-5-16-19-14(9-20(11)16)17(21)23-10-12-6-7-15(22-2)13(18)8-12/h3-9H,10H2,1-2H3. The summed E-state index contributed by atoms with van der Waals surface area (Å²) < 4.78 is 13.2. The summed E-state index contributed by atoms with van der Waals surface area (Å²) in [5.41, 5.74) is 2.90. The third-order valence-corrected chi connectivity index (χ3v) is 4.11. The lowest BCUT2D eigenvalue weighted by atomic mass is 10.2. The van der Waals surface area contributed by atoms with Crippen molar-refractivity contribution in [2.75, 3.05) is 7.11 Å². The van der Waals surface area contributed by atoms with Gasteiger partial charge in [-0.2, -0.15) is 0 Å². The van der Waals surface area contributed by atoms with Crippen LogP contribution in [0.25, 0.3) is 5.65 Å². The van der Waals surface area contributed by atoms with Crippen molar-refractivity contribution >= 4 is 27.5 Å². The van der Waals surface area contributed by atoms with E-state index in [0.717, 1.165) is 27.1 Å². The van der Waals surface area contributed by atoms with Crippen molar-refractivity contribution in [3.63, 3.8) is 0 Å². The van der Waals surface area contributed by atoms with Crippen LogP contribution in [0, 0.1) is 6.92 Å².